The molecule has 0 saturated carbocycles. The van der Waals surface area contributed by atoms with E-state index in [1.54, 1.807) is 12.1 Å². The van der Waals surface area contributed by atoms with E-state index >= 15 is 0 Å². The number of nitrogens with zero attached hydrogens (tertiary/aromatic N) is 3. The summed E-state index contributed by atoms with van der Waals surface area (Å²) in [6.07, 6.45) is 0.857. The van der Waals surface area contributed by atoms with Crippen molar-refractivity contribution in [1.29, 1.82) is 0 Å². The van der Waals surface area contributed by atoms with Gasteiger partial charge >= 0.3 is 6.01 Å². The van der Waals surface area contributed by atoms with E-state index < -0.39 is 0 Å². The average Bonchev–Trinajstić information content (AvgIpc) is 2.40. The lowest BCUT2D eigenvalue weighted by Crippen LogP contribution is -2.04. The second-order valence-corrected chi connectivity index (χ2v) is 5.41. The quantitative estimate of drug-likeness (QED) is 0.832. The van der Waals surface area contributed by atoms with Crippen LogP contribution in [-0.4, -0.2) is 21.6 Å². The summed E-state index contributed by atoms with van der Waals surface area (Å²) >= 11 is 15.1. The predicted molar refractivity (Wildman–Crippen MR) is 83.1 cm³/mol. The normalized spacial score (nSPS) is 10.4. The van der Waals surface area contributed by atoms with Gasteiger partial charge in [0.05, 0.1) is 11.6 Å². The molecular weight excluding hydrogens is 367 g/mol. The number of hydrogen-bond acceptors (Lipinski definition) is 5. The fourth-order valence-electron chi connectivity index (χ4n) is 1.35. The number of ether oxygens (including phenoxy) is 1. The zero-order chi connectivity index (χ0) is 14.5. The van der Waals surface area contributed by atoms with Crippen LogP contribution < -0.4 is 10.1 Å². The van der Waals surface area contributed by atoms with E-state index in [-0.39, 0.29) is 11.3 Å². The van der Waals surface area contributed by atoms with E-state index in [2.05, 4.69) is 36.2 Å². The molecule has 106 valence electrons. The van der Waals surface area contributed by atoms with Gasteiger partial charge in [0.15, 0.2) is 0 Å². The first-order chi connectivity index (χ1) is 9.58. The van der Waals surface area contributed by atoms with Crippen LogP contribution in [0.1, 0.15) is 13.3 Å². The van der Waals surface area contributed by atoms with Gasteiger partial charge in [0, 0.05) is 10.2 Å². The Kier molecular flexibility index (Phi) is 5.39. The van der Waals surface area contributed by atoms with Crippen LogP contribution in [0.4, 0.5) is 11.6 Å². The molecule has 0 spiro atoms. The summed E-state index contributed by atoms with van der Waals surface area (Å²) in [7, 11) is 0. The molecule has 5 nitrogen and oxygen atoms in total. The second-order valence-electron chi connectivity index (χ2n) is 3.81. The molecule has 2 rings (SSSR count). The van der Waals surface area contributed by atoms with Crippen LogP contribution in [0.5, 0.6) is 6.01 Å². The van der Waals surface area contributed by atoms with E-state index in [9.17, 15) is 0 Å². The molecule has 0 aliphatic heterocycles. The Labute approximate surface area is 134 Å². The van der Waals surface area contributed by atoms with Crippen molar-refractivity contribution in [2.45, 2.75) is 13.3 Å². The van der Waals surface area contributed by atoms with Crippen LogP contribution in [0.25, 0.3) is 0 Å². The number of benzene rings is 1. The smallest absolute Gasteiger partial charge is 0.322 e. The van der Waals surface area contributed by atoms with Gasteiger partial charge in [0.2, 0.25) is 11.2 Å². The molecule has 0 unspecified atom stereocenters. The molecule has 1 heterocycles. The van der Waals surface area contributed by atoms with Crippen molar-refractivity contribution in [1.82, 2.24) is 15.0 Å². The number of hydrogen-bond donors (Lipinski definition) is 1. The summed E-state index contributed by atoms with van der Waals surface area (Å²) in [5.74, 6) is 0.310. The lowest BCUT2D eigenvalue weighted by Gasteiger charge is -2.08. The highest BCUT2D eigenvalue weighted by molar-refractivity contribution is 9.10. The van der Waals surface area contributed by atoms with Crippen molar-refractivity contribution in [2.24, 2.45) is 0 Å². The molecule has 20 heavy (non-hydrogen) atoms. The Bertz CT molecular complexity index is 612. The van der Waals surface area contributed by atoms with Gasteiger partial charge in [-0.15, -0.1) is 0 Å². The Morgan fingerprint density at radius 2 is 2.05 bits per heavy atom. The monoisotopic (exact) mass is 376 g/mol. The lowest BCUT2D eigenvalue weighted by molar-refractivity contribution is 0.292. The summed E-state index contributed by atoms with van der Waals surface area (Å²) in [4.78, 5) is 12.0. The van der Waals surface area contributed by atoms with Gasteiger partial charge in [-0.3, -0.25) is 0 Å². The van der Waals surface area contributed by atoms with Gasteiger partial charge in [-0.05, 0) is 52.2 Å². The summed E-state index contributed by atoms with van der Waals surface area (Å²) < 4.78 is 6.11. The molecule has 2 aromatic rings. The molecule has 0 atom stereocenters. The third-order valence-electron chi connectivity index (χ3n) is 2.20. The Morgan fingerprint density at radius 1 is 1.25 bits per heavy atom. The van der Waals surface area contributed by atoms with E-state index in [1.807, 2.05) is 13.0 Å². The summed E-state index contributed by atoms with van der Waals surface area (Å²) in [5.41, 5.74) is 0.769. The number of anilines is 2. The standard InChI is InChI=1S/C12H11BrCl2N4O/c1-2-5-20-12-18-10(15)17-11(19-12)16-7-3-4-9(14)8(13)6-7/h3-4,6H,2,5H2,1H3,(H,16,17,18,19). The van der Waals surface area contributed by atoms with Crippen LogP contribution >= 0.6 is 39.1 Å². The van der Waals surface area contributed by atoms with Crippen LogP contribution in [-0.2, 0) is 0 Å². The van der Waals surface area contributed by atoms with Crippen molar-refractivity contribution in [2.75, 3.05) is 11.9 Å². The molecule has 0 saturated heterocycles. The number of rotatable bonds is 5. The predicted octanol–water partition coefficient (Wildman–Crippen LogP) is 4.47. The summed E-state index contributed by atoms with van der Waals surface area (Å²) in [6, 6.07) is 5.57. The Balaban J connectivity index is 2.19. The van der Waals surface area contributed by atoms with Crippen molar-refractivity contribution >= 4 is 50.8 Å². The third kappa shape index (κ3) is 4.19. The minimum Gasteiger partial charge on any atom is -0.463 e. The first-order valence-corrected chi connectivity index (χ1v) is 7.40. The van der Waals surface area contributed by atoms with Crippen LogP contribution in [0.3, 0.4) is 0 Å². The average molecular weight is 378 g/mol. The molecule has 0 fully saturated rings. The highest BCUT2D eigenvalue weighted by Crippen LogP contribution is 2.27. The highest BCUT2D eigenvalue weighted by Gasteiger charge is 2.07. The minimum atomic E-state index is 0.0710. The third-order valence-corrected chi connectivity index (χ3v) is 3.58. The zero-order valence-corrected chi connectivity index (χ0v) is 13.6. The van der Waals surface area contributed by atoms with Gasteiger partial charge in [-0.2, -0.15) is 15.0 Å². The maximum Gasteiger partial charge on any atom is 0.322 e. The molecule has 1 aromatic carbocycles. The van der Waals surface area contributed by atoms with Gasteiger partial charge < -0.3 is 10.1 Å². The molecule has 0 radical (unpaired) electrons. The maximum absolute atomic E-state index is 5.93. The molecule has 0 aliphatic rings. The zero-order valence-electron chi connectivity index (χ0n) is 10.5. The molecule has 8 heteroatoms. The van der Waals surface area contributed by atoms with E-state index in [4.69, 9.17) is 27.9 Å². The minimum absolute atomic E-state index is 0.0710. The first-order valence-electron chi connectivity index (χ1n) is 5.85. The largest absolute Gasteiger partial charge is 0.463 e. The fraction of sp³-hybridized carbons (Fsp3) is 0.250. The van der Waals surface area contributed by atoms with Crippen LogP contribution in [0.2, 0.25) is 10.3 Å². The number of halogens is 3. The lowest BCUT2D eigenvalue weighted by atomic mass is 10.3. The molecule has 0 bridgehead atoms. The van der Waals surface area contributed by atoms with Gasteiger partial charge in [0.25, 0.3) is 0 Å². The van der Waals surface area contributed by atoms with Gasteiger partial charge in [-0.1, -0.05) is 18.5 Å². The molecule has 1 N–H and O–H groups in total. The fourth-order valence-corrected chi connectivity index (χ4v) is 2.00. The van der Waals surface area contributed by atoms with E-state index in [1.165, 1.54) is 0 Å². The second kappa shape index (κ2) is 7.06. The van der Waals surface area contributed by atoms with Gasteiger partial charge in [-0.25, -0.2) is 0 Å². The van der Waals surface area contributed by atoms with Crippen molar-refractivity contribution in [3.8, 4) is 6.01 Å². The maximum atomic E-state index is 5.93. The van der Waals surface area contributed by atoms with E-state index in [0.29, 0.717) is 17.6 Å². The topological polar surface area (TPSA) is 59.9 Å². The molecule has 0 amide bonds. The van der Waals surface area contributed by atoms with Crippen LogP contribution in [0, 0.1) is 0 Å². The molecule has 1 aromatic heterocycles. The molecular formula is C12H11BrCl2N4O. The Hall–Kier alpha value is -1.11. The first kappa shape index (κ1) is 15.3. The van der Waals surface area contributed by atoms with Crippen molar-refractivity contribution in [3.05, 3.63) is 33.0 Å². The van der Waals surface area contributed by atoms with Gasteiger partial charge in [0.1, 0.15) is 0 Å². The SMILES string of the molecule is CCCOc1nc(Cl)nc(Nc2ccc(Cl)c(Br)c2)n1. The summed E-state index contributed by atoms with van der Waals surface area (Å²) in [5, 5.41) is 3.71. The van der Waals surface area contributed by atoms with E-state index in [0.717, 1.165) is 16.6 Å². The van der Waals surface area contributed by atoms with Crippen molar-refractivity contribution in [3.63, 3.8) is 0 Å². The Morgan fingerprint density at radius 3 is 2.75 bits per heavy atom. The summed E-state index contributed by atoms with van der Waals surface area (Å²) in [6.45, 7) is 2.51. The number of aromatic nitrogens is 3. The number of nitrogens with one attached hydrogen (secondary N) is 1. The van der Waals surface area contributed by atoms with Crippen LogP contribution in [0.15, 0.2) is 22.7 Å². The highest BCUT2D eigenvalue weighted by atomic mass is 79.9. The molecule has 0 aliphatic carbocycles. The van der Waals surface area contributed by atoms with Crippen molar-refractivity contribution < 1.29 is 4.74 Å².